The van der Waals surface area contributed by atoms with Gasteiger partial charge in [0, 0.05) is 17.3 Å². The van der Waals surface area contributed by atoms with Crippen LogP contribution >= 0.6 is 22.7 Å². The number of hydrogen-bond donors (Lipinski definition) is 1. The molecule has 0 unspecified atom stereocenters. The molecule has 4 rings (SSSR count). The van der Waals surface area contributed by atoms with Crippen molar-refractivity contribution in [2.24, 2.45) is 0 Å². The van der Waals surface area contributed by atoms with Crippen LogP contribution in [-0.2, 0) is 0 Å². The van der Waals surface area contributed by atoms with Crippen LogP contribution in [0.2, 0.25) is 0 Å². The Morgan fingerprint density at radius 3 is 2.83 bits per heavy atom. The van der Waals surface area contributed by atoms with E-state index in [9.17, 15) is 4.79 Å². The van der Waals surface area contributed by atoms with Crippen LogP contribution in [-0.4, -0.2) is 15.3 Å². The van der Waals surface area contributed by atoms with Crippen LogP contribution in [0.3, 0.4) is 0 Å². The molecule has 6 heteroatoms. The van der Waals surface area contributed by atoms with Gasteiger partial charge in [-0.1, -0.05) is 18.2 Å². The highest BCUT2D eigenvalue weighted by molar-refractivity contribution is 7.15. The fourth-order valence-corrected chi connectivity index (χ4v) is 4.10. The summed E-state index contributed by atoms with van der Waals surface area (Å²) >= 11 is 3.12. The number of rotatable bonds is 3. The first kappa shape index (κ1) is 15.1. The molecule has 3 heterocycles. The van der Waals surface area contributed by atoms with Gasteiger partial charge in [0.2, 0.25) is 0 Å². The summed E-state index contributed by atoms with van der Waals surface area (Å²) in [7, 11) is 0. The van der Waals surface area contributed by atoms with Crippen molar-refractivity contribution in [3.8, 4) is 10.6 Å². The maximum atomic E-state index is 12.7. The molecular formula is C18H15N3OS2. The van der Waals surface area contributed by atoms with Crippen LogP contribution in [0.1, 0.15) is 21.6 Å². The Bertz CT molecular complexity index is 1030. The maximum Gasteiger partial charge on any atom is 0.273 e. The third-order valence-electron chi connectivity index (χ3n) is 4.07. The summed E-state index contributed by atoms with van der Waals surface area (Å²) in [5.41, 5.74) is 4.59. The molecular weight excluding hydrogens is 338 g/mol. The Morgan fingerprint density at radius 1 is 1.17 bits per heavy atom. The third kappa shape index (κ3) is 2.53. The molecule has 0 bridgehead atoms. The number of fused-ring (bicyclic) bond motifs is 1. The van der Waals surface area contributed by atoms with E-state index in [1.807, 2.05) is 65.5 Å². The van der Waals surface area contributed by atoms with E-state index in [0.29, 0.717) is 5.69 Å². The molecule has 120 valence electrons. The number of carbonyl (C=O) groups is 1. The minimum Gasteiger partial charge on any atom is -0.320 e. The number of thiazole rings is 1. The SMILES string of the molecule is Cc1cccc(NC(=O)c2csc3nc(-c4cccs4)cn23)c1C. The lowest BCUT2D eigenvalue weighted by Gasteiger charge is -2.09. The van der Waals surface area contributed by atoms with Crippen LogP contribution in [0, 0.1) is 13.8 Å². The highest BCUT2D eigenvalue weighted by atomic mass is 32.1. The Balaban J connectivity index is 1.68. The van der Waals surface area contributed by atoms with Crippen molar-refractivity contribution in [3.63, 3.8) is 0 Å². The minimum absolute atomic E-state index is 0.120. The van der Waals surface area contributed by atoms with Gasteiger partial charge in [0.25, 0.3) is 5.91 Å². The molecule has 0 aliphatic rings. The zero-order valence-corrected chi connectivity index (χ0v) is 14.9. The van der Waals surface area contributed by atoms with E-state index in [-0.39, 0.29) is 5.91 Å². The molecule has 24 heavy (non-hydrogen) atoms. The second-order valence-corrected chi connectivity index (χ2v) is 7.36. The Morgan fingerprint density at radius 2 is 2.04 bits per heavy atom. The van der Waals surface area contributed by atoms with Crippen molar-refractivity contribution < 1.29 is 4.79 Å². The summed E-state index contributed by atoms with van der Waals surface area (Å²) in [6.07, 6.45) is 1.93. The molecule has 0 saturated carbocycles. The van der Waals surface area contributed by atoms with Crippen LogP contribution < -0.4 is 5.32 Å². The van der Waals surface area contributed by atoms with Crippen LogP contribution in [0.5, 0.6) is 0 Å². The minimum atomic E-state index is -0.120. The summed E-state index contributed by atoms with van der Waals surface area (Å²) in [6, 6.07) is 9.95. The molecule has 3 aromatic heterocycles. The van der Waals surface area contributed by atoms with E-state index in [1.165, 1.54) is 11.3 Å². The molecule has 4 aromatic rings. The van der Waals surface area contributed by atoms with E-state index >= 15 is 0 Å². The summed E-state index contributed by atoms with van der Waals surface area (Å²) in [5, 5.41) is 6.88. The van der Waals surface area contributed by atoms with E-state index in [2.05, 4.69) is 10.3 Å². The van der Waals surface area contributed by atoms with Gasteiger partial charge in [0.05, 0.1) is 4.88 Å². The van der Waals surface area contributed by atoms with Crippen LogP contribution in [0.25, 0.3) is 15.5 Å². The molecule has 1 amide bonds. The smallest absolute Gasteiger partial charge is 0.273 e. The van der Waals surface area contributed by atoms with E-state index < -0.39 is 0 Å². The van der Waals surface area contributed by atoms with Gasteiger partial charge in [-0.05, 0) is 42.5 Å². The standard InChI is InChI=1S/C18H15N3OS2/c1-11-5-3-6-13(12(11)2)19-17(22)15-10-24-18-20-14(9-21(15)18)16-7-4-8-23-16/h3-10H,1-2H3,(H,19,22). The number of thiophene rings is 1. The molecule has 0 spiro atoms. The van der Waals surface area contributed by atoms with Gasteiger partial charge in [0.1, 0.15) is 11.4 Å². The van der Waals surface area contributed by atoms with Gasteiger partial charge in [-0.25, -0.2) is 4.98 Å². The number of amides is 1. The molecule has 1 N–H and O–H groups in total. The Labute approximate surface area is 147 Å². The van der Waals surface area contributed by atoms with E-state index in [1.54, 1.807) is 11.3 Å². The quantitative estimate of drug-likeness (QED) is 0.564. The number of aryl methyl sites for hydroxylation is 1. The second-order valence-electron chi connectivity index (χ2n) is 5.58. The summed E-state index contributed by atoms with van der Waals surface area (Å²) in [5.74, 6) is -0.120. The lowest BCUT2D eigenvalue weighted by Crippen LogP contribution is -2.14. The topological polar surface area (TPSA) is 46.4 Å². The van der Waals surface area contributed by atoms with Gasteiger partial charge in [-0.3, -0.25) is 9.20 Å². The zero-order valence-electron chi connectivity index (χ0n) is 13.2. The Hall–Kier alpha value is -2.44. The largest absolute Gasteiger partial charge is 0.320 e. The zero-order chi connectivity index (χ0) is 16.7. The molecule has 0 radical (unpaired) electrons. The first-order valence-corrected chi connectivity index (χ1v) is 9.27. The number of nitrogens with zero attached hydrogens (tertiary/aromatic N) is 2. The second kappa shape index (κ2) is 5.89. The lowest BCUT2D eigenvalue weighted by atomic mass is 10.1. The number of benzene rings is 1. The van der Waals surface area contributed by atoms with Crippen molar-refractivity contribution in [3.05, 3.63) is 64.1 Å². The number of aromatic nitrogens is 2. The molecule has 4 nitrogen and oxygen atoms in total. The maximum absolute atomic E-state index is 12.7. The average Bonchev–Trinajstić information content (AvgIpc) is 3.26. The van der Waals surface area contributed by atoms with Gasteiger partial charge >= 0.3 is 0 Å². The number of carbonyl (C=O) groups excluding carboxylic acids is 1. The molecule has 0 aliphatic carbocycles. The molecule has 0 saturated heterocycles. The summed E-state index contributed by atoms with van der Waals surface area (Å²) in [4.78, 5) is 19.2. The van der Waals surface area contributed by atoms with E-state index in [4.69, 9.17) is 0 Å². The van der Waals surface area contributed by atoms with Gasteiger partial charge in [-0.15, -0.1) is 22.7 Å². The summed E-state index contributed by atoms with van der Waals surface area (Å²) in [6.45, 7) is 4.05. The summed E-state index contributed by atoms with van der Waals surface area (Å²) < 4.78 is 1.86. The van der Waals surface area contributed by atoms with Crippen molar-refractivity contribution in [2.45, 2.75) is 13.8 Å². The lowest BCUT2D eigenvalue weighted by molar-refractivity contribution is 0.102. The average molecular weight is 353 g/mol. The monoisotopic (exact) mass is 353 g/mol. The number of hydrogen-bond acceptors (Lipinski definition) is 4. The van der Waals surface area contributed by atoms with E-state index in [0.717, 1.165) is 32.3 Å². The fourth-order valence-electron chi connectivity index (χ4n) is 2.56. The predicted octanol–water partition coefficient (Wildman–Crippen LogP) is 4.99. The third-order valence-corrected chi connectivity index (χ3v) is 5.80. The van der Waals surface area contributed by atoms with Crippen molar-refractivity contribution in [2.75, 3.05) is 5.32 Å². The Kier molecular flexibility index (Phi) is 3.70. The van der Waals surface area contributed by atoms with Crippen LogP contribution in [0.15, 0.2) is 47.3 Å². The number of anilines is 1. The fraction of sp³-hybridized carbons (Fsp3) is 0.111. The van der Waals surface area contributed by atoms with Gasteiger partial charge in [-0.2, -0.15) is 0 Å². The molecule has 0 aliphatic heterocycles. The highest BCUT2D eigenvalue weighted by Crippen LogP contribution is 2.27. The number of nitrogens with one attached hydrogen (secondary N) is 1. The predicted molar refractivity (Wildman–Crippen MR) is 100 cm³/mol. The molecule has 0 fully saturated rings. The van der Waals surface area contributed by atoms with Crippen molar-refractivity contribution in [1.29, 1.82) is 0 Å². The molecule has 1 aromatic carbocycles. The first-order valence-electron chi connectivity index (χ1n) is 7.51. The van der Waals surface area contributed by atoms with Gasteiger partial charge in [0.15, 0.2) is 4.96 Å². The number of imidazole rings is 1. The van der Waals surface area contributed by atoms with Crippen molar-refractivity contribution in [1.82, 2.24) is 9.38 Å². The normalized spacial score (nSPS) is 11.1. The molecule has 0 atom stereocenters. The van der Waals surface area contributed by atoms with Crippen LogP contribution in [0.4, 0.5) is 5.69 Å². The van der Waals surface area contributed by atoms with Crippen molar-refractivity contribution >= 4 is 39.2 Å². The highest BCUT2D eigenvalue weighted by Gasteiger charge is 2.16. The van der Waals surface area contributed by atoms with Gasteiger partial charge < -0.3 is 5.32 Å². The first-order chi connectivity index (χ1) is 11.6.